The number of imidazole rings is 1. The molecule has 10 heteroatoms. The van der Waals surface area contributed by atoms with E-state index >= 15 is 0 Å². The molecule has 0 spiro atoms. The first-order valence-electron chi connectivity index (χ1n) is 10.6. The van der Waals surface area contributed by atoms with Crippen molar-refractivity contribution in [2.75, 3.05) is 12.4 Å². The van der Waals surface area contributed by atoms with Crippen molar-refractivity contribution in [3.8, 4) is 5.75 Å². The molecule has 4 rings (SSSR count). The lowest BCUT2D eigenvalue weighted by Gasteiger charge is -2.08. The molecule has 1 aromatic heterocycles. The van der Waals surface area contributed by atoms with E-state index in [0.717, 1.165) is 21.8 Å². The highest BCUT2D eigenvalue weighted by Crippen LogP contribution is 2.21. The maximum atomic E-state index is 12.4. The molecule has 0 aliphatic rings. The van der Waals surface area contributed by atoms with Gasteiger partial charge in [-0.15, -0.1) is 0 Å². The van der Waals surface area contributed by atoms with Crippen molar-refractivity contribution in [3.63, 3.8) is 0 Å². The number of aromatic nitrogens is 2. The first-order chi connectivity index (χ1) is 17.0. The number of carboxylic acids is 1. The standard InChI is InChI=1S/C25H21ClN4O4S/c26-19-9-3-1-8-18(19)14-30-21-11-5-4-10-20(21)28-25(30)35-16-23(31)29-27-13-17-7-2-6-12-22(17)34-15-24(32)33/h1-13H,14-16H2,(H2,29,31,32,33). The molecule has 4 aromatic rings. The number of halogens is 1. The van der Waals surface area contributed by atoms with Crippen molar-refractivity contribution in [2.24, 2.45) is 5.10 Å². The molecule has 35 heavy (non-hydrogen) atoms. The zero-order valence-electron chi connectivity index (χ0n) is 18.4. The molecule has 1 heterocycles. The van der Waals surface area contributed by atoms with E-state index in [2.05, 4.69) is 20.1 Å². The minimum Gasteiger partial charge on any atom is -0.546 e. The number of ether oxygens (including phenoxy) is 1. The van der Waals surface area contributed by atoms with Crippen LogP contribution in [0.3, 0.4) is 0 Å². The second kappa shape index (κ2) is 11.5. The molecule has 0 aliphatic heterocycles. The maximum Gasteiger partial charge on any atom is 0.317 e. The maximum absolute atomic E-state index is 12.4. The summed E-state index contributed by atoms with van der Waals surface area (Å²) in [4.78, 5) is 26.4. The summed E-state index contributed by atoms with van der Waals surface area (Å²) < 4.78 is 7.26. The average Bonchev–Trinajstić information content (AvgIpc) is 3.21. The molecule has 3 aromatic carbocycles. The summed E-state index contributed by atoms with van der Waals surface area (Å²) in [5.74, 6) is -1.19. The average molecular weight is 509 g/mol. The zero-order valence-corrected chi connectivity index (χ0v) is 20.0. The normalized spacial score (nSPS) is 11.1. The van der Waals surface area contributed by atoms with E-state index in [-0.39, 0.29) is 11.7 Å². The Morgan fingerprint density at radius 3 is 2.66 bits per heavy atom. The number of H-pyrrole nitrogens is 1. The molecule has 0 fully saturated rings. The van der Waals surface area contributed by atoms with Crippen LogP contribution in [-0.4, -0.2) is 35.4 Å². The molecular weight excluding hydrogens is 488 g/mol. The number of nitrogens with one attached hydrogen (secondary N) is 2. The van der Waals surface area contributed by atoms with Crippen molar-refractivity contribution in [1.29, 1.82) is 0 Å². The van der Waals surface area contributed by atoms with Gasteiger partial charge < -0.3 is 14.6 Å². The van der Waals surface area contributed by atoms with Crippen LogP contribution in [-0.2, 0) is 16.1 Å². The minimum atomic E-state index is -1.33. The predicted molar refractivity (Wildman–Crippen MR) is 132 cm³/mol. The number of carboxylic acid groups (broad SMARTS) is 1. The summed E-state index contributed by atoms with van der Waals surface area (Å²) in [5, 5.41) is 16.1. The minimum absolute atomic E-state index is 0.121. The first kappa shape index (κ1) is 24.3. The van der Waals surface area contributed by atoms with Crippen LogP contribution in [0.4, 0.5) is 0 Å². The van der Waals surface area contributed by atoms with E-state index < -0.39 is 12.6 Å². The topological polar surface area (TPSA) is 110 Å². The molecule has 0 saturated heterocycles. The lowest BCUT2D eigenvalue weighted by molar-refractivity contribution is -0.700. The van der Waals surface area contributed by atoms with Crippen LogP contribution >= 0.6 is 23.4 Å². The third-order valence-corrected chi connectivity index (χ3v) is 6.34. The van der Waals surface area contributed by atoms with Crippen molar-refractivity contribution in [3.05, 3.63) is 88.9 Å². The summed E-state index contributed by atoms with van der Waals surface area (Å²) >= 11 is 7.72. The SMILES string of the molecule is O=C([O-])COc1ccccc1C=NNC(=O)CSc1[nH]c2ccccc2[n+]1Cc1ccccc1Cl. The van der Waals surface area contributed by atoms with E-state index in [1.54, 1.807) is 24.3 Å². The highest BCUT2D eigenvalue weighted by atomic mass is 35.5. The van der Waals surface area contributed by atoms with E-state index in [9.17, 15) is 14.7 Å². The Labute approximate surface area is 210 Å². The van der Waals surface area contributed by atoms with E-state index in [1.165, 1.54) is 18.0 Å². The second-order valence-electron chi connectivity index (χ2n) is 7.41. The number of carbonyl (C=O) groups is 2. The van der Waals surface area contributed by atoms with Crippen molar-refractivity contribution in [2.45, 2.75) is 11.7 Å². The van der Waals surface area contributed by atoms with Gasteiger partial charge in [0.1, 0.15) is 18.9 Å². The molecule has 2 N–H and O–H groups in total. The Hall–Kier alpha value is -3.82. The Kier molecular flexibility index (Phi) is 8.02. The molecule has 0 atom stereocenters. The fourth-order valence-electron chi connectivity index (χ4n) is 3.37. The van der Waals surface area contributed by atoms with Crippen LogP contribution in [0.1, 0.15) is 11.1 Å². The number of hydrazone groups is 1. The number of carbonyl (C=O) groups excluding carboxylic acids is 2. The molecule has 0 unspecified atom stereocenters. The largest absolute Gasteiger partial charge is 0.546 e. The molecular formula is C25H21ClN4O4S. The van der Waals surface area contributed by atoms with Crippen LogP contribution in [0.15, 0.2) is 83.1 Å². The fraction of sp³-hybridized carbons (Fsp3) is 0.120. The summed E-state index contributed by atoms with van der Waals surface area (Å²) in [6.07, 6.45) is 1.40. The number of hydrogen-bond donors (Lipinski definition) is 2. The Balaban J connectivity index is 1.42. The third kappa shape index (κ3) is 6.40. The third-order valence-electron chi connectivity index (χ3n) is 4.97. The predicted octanol–water partition coefficient (Wildman–Crippen LogP) is 2.53. The summed E-state index contributed by atoms with van der Waals surface area (Å²) in [6, 6.07) is 22.3. The lowest BCUT2D eigenvalue weighted by Crippen LogP contribution is -2.36. The van der Waals surface area contributed by atoms with E-state index in [1.807, 2.05) is 48.5 Å². The number of aromatic amines is 1. The van der Waals surface area contributed by atoms with Crippen LogP contribution in [0.25, 0.3) is 11.0 Å². The van der Waals surface area contributed by atoms with Crippen LogP contribution in [0, 0.1) is 0 Å². The van der Waals surface area contributed by atoms with Gasteiger partial charge in [0, 0.05) is 16.1 Å². The Morgan fingerprint density at radius 1 is 1.09 bits per heavy atom. The summed E-state index contributed by atoms with van der Waals surface area (Å²) in [5.41, 5.74) is 5.94. The molecule has 0 bridgehead atoms. The number of para-hydroxylation sites is 3. The zero-order chi connectivity index (χ0) is 24.6. The molecule has 0 saturated carbocycles. The van der Waals surface area contributed by atoms with Gasteiger partial charge in [-0.3, -0.25) is 4.79 Å². The highest BCUT2D eigenvalue weighted by Gasteiger charge is 2.21. The smallest absolute Gasteiger partial charge is 0.317 e. The number of nitrogens with zero attached hydrogens (tertiary/aromatic N) is 2. The number of fused-ring (bicyclic) bond motifs is 1. The van der Waals surface area contributed by atoms with Crippen LogP contribution in [0.5, 0.6) is 5.75 Å². The second-order valence-corrected chi connectivity index (χ2v) is 8.78. The molecule has 1 amide bonds. The molecule has 178 valence electrons. The van der Waals surface area contributed by atoms with Gasteiger partial charge in [0.25, 0.3) is 5.91 Å². The number of thioether (sulfide) groups is 1. The van der Waals surface area contributed by atoms with E-state index in [0.29, 0.717) is 22.9 Å². The van der Waals surface area contributed by atoms with Crippen LogP contribution in [0.2, 0.25) is 5.02 Å². The molecule has 0 radical (unpaired) electrons. The number of amides is 1. The summed E-state index contributed by atoms with van der Waals surface area (Å²) in [6.45, 7) is -0.0268. The molecule has 8 nitrogen and oxygen atoms in total. The summed E-state index contributed by atoms with van der Waals surface area (Å²) in [7, 11) is 0. The Bertz CT molecular complexity index is 1390. The van der Waals surface area contributed by atoms with Gasteiger partial charge in [0.05, 0.1) is 17.9 Å². The first-order valence-corrected chi connectivity index (χ1v) is 12.0. The monoisotopic (exact) mass is 508 g/mol. The van der Waals surface area contributed by atoms with Gasteiger partial charge in [0.2, 0.25) is 0 Å². The van der Waals surface area contributed by atoms with Crippen LogP contribution < -0.4 is 19.8 Å². The van der Waals surface area contributed by atoms with Gasteiger partial charge in [-0.25, -0.2) is 15.0 Å². The van der Waals surface area contributed by atoms with E-state index in [4.69, 9.17) is 16.3 Å². The number of hydrogen-bond acceptors (Lipinski definition) is 6. The van der Waals surface area contributed by atoms with Crippen molar-refractivity contribution >= 4 is 52.5 Å². The quantitative estimate of drug-likeness (QED) is 0.148. The number of benzene rings is 3. The van der Waals surface area contributed by atoms with Gasteiger partial charge in [-0.05, 0) is 42.1 Å². The number of aliphatic carboxylic acids is 1. The highest BCUT2D eigenvalue weighted by molar-refractivity contribution is 7.99. The van der Waals surface area contributed by atoms with Gasteiger partial charge >= 0.3 is 5.16 Å². The van der Waals surface area contributed by atoms with Gasteiger partial charge in [0.15, 0.2) is 11.0 Å². The number of rotatable bonds is 10. The lowest BCUT2D eigenvalue weighted by atomic mass is 10.2. The van der Waals surface area contributed by atoms with Crippen molar-refractivity contribution in [1.82, 2.24) is 10.4 Å². The molecule has 0 aliphatic carbocycles. The van der Waals surface area contributed by atoms with Gasteiger partial charge in [-0.2, -0.15) is 5.10 Å². The van der Waals surface area contributed by atoms with Crippen molar-refractivity contribution < 1.29 is 24.0 Å². The fourth-order valence-corrected chi connectivity index (χ4v) is 4.40. The Morgan fingerprint density at radius 2 is 1.83 bits per heavy atom. The van der Waals surface area contributed by atoms with Gasteiger partial charge in [-0.1, -0.05) is 54.1 Å².